The molecule has 0 aromatic rings. The molecule has 1 saturated heterocycles. The van der Waals surface area contributed by atoms with Gasteiger partial charge in [0.25, 0.3) is 0 Å². The van der Waals surface area contributed by atoms with Crippen molar-refractivity contribution in [3.8, 4) is 0 Å². The van der Waals surface area contributed by atoms with Crippen LogP contribution in [0.3, 0.4) is 0 Å². The van der Waals surface area contributed by atoms with Crippen LogP contribution in [-0.2, 0) is 14.3 Å². The van der Waals surface area contributed by atoms with E-state index in [0.717, 1.165) is 13.1 Å². The molecule has 0 aromatic heterocycles. The second kappa shape index (κ2) is 7.60. The molecule has 1 aliphatic rings. The molecule has 2 unspecified atom stereocenters. The Hall–Kier alpha value is -0.690. The van der Waals surface area contributed by atoms with E-state index in [9.17, 15) is 4.79 Å². The summed E-state index contributed by atoms with van der Waals surface area (Å²) in [6.45, 7) is 5.49. The molecule has 1 heterocycles. The van der Waals surface area contributed by atoms with Gasteiger partial charge in [0.15, 0.2) is 0 Å². The number of nitrogens with zero attached hydrogens (tertiary/aromatic N) is 1. The van der Waals surface area contributed by atoms with E-state index in [1.54, 1.807) is 7.11 Å². The van der Waals surface area contributed by atoms with Crippen LogP contribution < -0.4 is 11.1 Å². The van der Waals surface area contributed by atoms with E-state index in [1.165, 1.54) is 0 Å². The fraction of sp³-hybridized carbons (Fsp3) is 0.909. The van der Waals surface area contributed by atoms with Crippen LogP contribution in [-0.4, -0.2) is 69.5 Å². The van der Waals surface area contributed by atoms with Gasteiger partial charge in [0.1, 0.15) is 0 Å². The monoisotopic (exact) mass is 245 g/mol. The number of ether oxygens (including phenoxy) is 2. The van der Waals surface area contributed by atoms with Gasteiger partial charge in [-0.1, -0.05) is 0 Å². The molecule has 0 aromatic carbocycles. The van der Waals surface area contributed by atoms with E-state index < -0.39 is 0 Å². The minimum atomic E-state index is 0.0206. The third-order valence-corrected chi connectivity index (χ3v) is 2.68. The summed E-state index contributed by atoms with van der Waals surface area (Å²) in [6.07, 6.45) is 0.0490. The van der Waals surface area contributed by atoms with Gasteiger partial charge in [-0.3, -0.25) is 9.69 Å². The number of hydrogen-bond donors (Lipinski definition) is 2. The van der Waals surface area contributed by atoms with Crippen molar-refractivity contribution in [1.82, 2.24) is 10.2 Å². The maximum Gasteiger partial charge on any atom is 0.234 e. The first-order valence-electron chi connectivity index (χ1n) is 5.98. The molecule has 0 bridgehead atoms. The first kappa shape index (κ1) is 14.4. The molecule has 0 spiro atoms. The highest BCUT2D eigenvalue weighted by Gasteiger charge is 2.21. The number of carbonyl (C=O) groups excluding carboxylic acids is 1. The standard InChI is InChI=1S/C11H23N3O3/c1-9(8-16-2)13-11(15)7-14-3-4-17-10(5-12)6-14/h9-10H,3-8,12H2,1-2H3,(H,13,15). The van der Waals surface area contributed by atoms with Crippen LogP contribution in [0, 0.1) is 0 Å². The Morgan fingerprint density at radius 1 is 1.71 bits per heavy atom. The van der Waals surface area contributed by atoms with Crippen molar-refractivity contribution in [2.45, 2.75) is 19.1 Å². The Labute approximate surface area is 102 Å². The van der Waals surface area contributed by atoms with Gasteiger partial charge < -0.3 is 20.5 Å². The number of nitrogens with two attached hydrogens (primary N) is 1. The highest BCUT2D eigenvalue weighted by molar-refractivity contribution is 5.78. The van der Waals surface area contributed by atoms with Crippen LogP contribution in [0.5, 0.6) is 0 Å². The van der Waals surface area contributed by atoms with Gasteiger partial charge in [0.2, 0.25) is 5.91 Å². The van der Waals surface area contributed by atoms with Crippen molar-refractivity contribution in [2.75, 3.05) is 46.5 Å². The summed E-state index contributed by atoms with van der Waals surface area (Å²) in [6, 6.07) is 0.0406. The van der Waals surface area contributed by atoms with Gasteiger partial charge in [0.05, 0.1) is 25.9 Å². The number of amides is 1. The average molecular weight is 245 g/mol. The zero-order chi connectivity index (χ0) is 12.7. The molecule has 6 nitrogen and oxygen atoms in total. The van der Waals surface area contributed by atoms with Crippen molar-refractivity contribution in [2.24, 2.45) is 5.73 Å². The third-order valence-electron chi connectivity index (χ3n) is 2.68. The summed E-state index contributed by atoms with van der Waals surface area (Å²) < 4.78 is 10.4. The summed E-state index contributed by atoms with van der Waals surface area (Å²) >= 11 is 0. The molecule has 2 atom stereocenters. The molecule has 0 saturated carbocycles. The SMILES string of the molecule is COCC(C)NC(=O)CN1CCOC(CN)C1. The minimum absolute atomic E-state index is 0.0206. The summed E-state index contributed by atoms with van der Waals surface area (Å²) in [5.74, 6) is 0.0206. The van der Waals surface area contributed by atoms with E-state index >= 15 is 0 Å². The molecule has 17 heavy (non-hydrogen) atoms. The first-order valence-corrected chi connectivity index (χ1v) is 5.98. The normalized spacial score (nSPS) is 23.4. The van der Waals surface area contributed by atoms with Crippen LogP contribution in [0.1, 0.15) is 6.92 Å². The Morgan fingerprint density at radius 2 is 2.47 bits per heavy atom. The first-order chi connectivity index (χ1) is 8.15. The summed E-state index contributed by atoms with van der Waals surface area (Å²) in [4.78, 5) is 13.8. The summed E-state index contributed by atoms with van der Waals surface area (Å²) in [5, 5.41) is 2.88. The van der Waals surface area contributed by atoms with Gasteiger partial charge in [-0.15, -0.1) is 0 Å². The number of methoxy groups -OCH3 is 1. The zero-order valence-electron chi connectivity index (χ0n) is 10.6. The lowest BCUT2D eigenvalue weighted by atomic mass is 10.2. The van der Waals surface area contributed by atoms with Gasteiger partial charge in [-0.2, -0.15) is 0 Å². The average Bonchev–Trinajstić information content (AvgIpc) is 2.29. The Balaban J connectivity index is 2.25. The van der Waals surface area contributed by atoms with E-state index in [-0.39, 0.29) is 18.1 Å². The summed E-state index contributed by atoms with van der Waals surface area (Å²) in [5.41, 5.74) is 5.55. The number of rotatable bonds is 6. The Bertz CT molecular complexity index is 238. The molecule has 1 rings (SSSR count). The van der Waals surface area contributed by atoms with Crippen molar-refractivity contribution >= 4 is 5.91 Å². The molecular weight excluding hydrogens is 222 g/mol. The Morgan fingerprint density at radius 3 is 3.12 bits per heavy atom. The topological polar surface area (TPSA) is 76.8 Å². The van der Waals surface area contributed by atoms with Crippen molar-refractivity contribution in [3.05, 3.63) is 0 Å². The molecule has 100 valence electrons. The lowest BCUT2D eigenvalue weighted by Crippen LogP contribution is -2.50. The minimum Gasteiger partial charge on any atom is -0.383 e. The molecule has 0 radical (unpaired) electrons. The smallest absolute Gasteiger partial charge is 0.234 e. The lowest BCUT2D eigenvalue weighted by Gasteiger charge is -2.31. The predicted molar refractivity (Wildman–Crippen MR) is 64.7 cm³/mol. The molecule has 0 aliphatic carbocycles. The number of carbonyl (C=O) groups is 1. The maximum absolute atomic E-state index is 11.7. The molecule has 3 N–H and O–H groups in total. The number of morpholine rings is 1. The fourth-order valence-corrected chi connectivity index (χ4v) is 1.88. The van der Waals surface area contributed by atoms with Crippen molar-refractivity contribution in [3.63, 3.8) is 0 Å². The predicted octanol–water partition coefficient (Wildman–Crippen LogP) is -1.20. The van der Waals surface area contributed by atoms with Gasteiger partial charge in [-0.05, 0) is 6.92 Å². The largest absolute Gasteiger partial charge is 0.383 e. The zero-order valence-corrected chi connectivity index (χ0v) is 10.6. The lowest BCUT2D eigenvalue weighted by molar-refractivity contribution is -0.125. The van der Waals surface area contributed by atoms with Crippen LogP contribution in [0.4, 0.5) is 0 Å². The highest BCUT2D eigenvalue weighted by Crippen LogP contribution is 2.03. The van der Waals surface area contributed by atoms with Gasteiger partial charge in [0, 0.05) is 32.8 Å². The maximum atomic E-state index is 11.7. The van der Waals surface area contributed by atoms with Crippen molar-refractivity contribution < 1.29 is 14.3 Å². The van der Waals surface area contributed by atoms with Gasteiger partial charge >= 0.3 is 0 Å². The quantitative estimate of drug-likeness (QED) is 0.614. The van der Waals surface area contributed by atoms with E-state index in [0.29, 0.717) is 26.3 Å². The van der Waals surface area contributed by atoms with E-state index in [4.69, 9.17) is 15.2 Å². The second-order valence-electron chi connectivity index (χ2n) is 4.39. The molecular formula is C11H23N3O3. The van der Waals surface area contributed by atoms with Gasteiger partial charge in [-0.25, -0.2) is 0 Å². The number of nitrogens with one attached hydrogen (secondary N) is 1. The van der Waals surface area contributed by atoms with Crippen molar-refractivity contribution in [1.29, 1.82) is 0 Å². The highest BCUT2D eigenvalue weighted by atomic mass is 16.5. The van der Waals surface area contributed by atoms with E-state index in [2.05, 4.69) is 10.2 Å². The summed E-state index contributed by atoms with van der Waals surface area (Å²) in [7, 11) is 1.62. The Kier molecular flexibility index (Phi) is 6.43. The molecule has 1 fully saturated rings. The van der Waals surface area contributed by atoms with Crippen LogP contribution in [0.2, 0.25) is 0 Å². The van der Waals surface area contributed by atoms with E-state index in [1.807, 2.05) is 6.92 Å². The molecule has 1 aliphatic heterocycles. The third kappa shape index (κ3) is 5.45. The molecule has 1 amide bonds. The number of hydrogen-bond acceptors (Lipinski definition) is 5. The van der Waals surface area contributed by atoms with Crippen LogP contribution in [0.15, 0.2) is 0 Å². The van der Waals surface area contributed by atoms with Crippen LogP contribution in [0.25, 0.3) is 0 Å². The van der Waals surface area contributed by atoms with Crippen LogP contribution >= 0.6 is 0 Å². The molecule has 6 heteroatoms. The second-order valence-corrected chi connectivity index (χ2v) is 4.39. The fourth-order valence-electron chi connectivity index (χ4n) is 1.88.